The van der Waals surface area contributed by atoms with Crippen molar-refractivity contribution in [1.82, 2.24) is 24.6 Å². The summed E-state index contributed by atoms with van der Waals surface area (Å²) in [4.78, 5) is 25.3. The fraction of sp³-hybridized carbons (Fsp3) is 0.250. The lowest BCUT2D eigenvalue weighted by atomic mass is 10.1. The molecule has 4 rings (SSSR count). The minimum absolute atomic E-state index is 0.0684. The Morgan fingerprint density at radius 1 is 1.18 bits per heavy atom. The van der Waals surface area contributed by atoms with Gasteiger partial charge in [0, 0.05) is 22.8 Å². The molecule has 0 unspecified atom stereocenters. The highest BCUT2D eigenvalue weighted by atomic mass is 32.1. The molecular formula is C20H20N6OS. The number of aryl methyl sites for hydroxylation is 2. The molecule has 3 aromatic heterocycles. The molecule has 4 aromatic rings. The Morgan fingerprint density at radius 3 is 2.75 bits per heavy atom. The number of hydrogen-bond donors (Lipinski definition) is 1. The van der Waals surface area contributed by atoms with E-state index in [-0.39, 0.29) is 5.82 Å². The van der Waals surface area contributed by atoms with E-state index in [1.807, 2.05) is 18.4 Å². The summed E-state index contributed by atoms with van der Waals surface area (Å²) in [6.45, 7) is 4.07. The molecule has 0 atom stereocenters. The molecule has 1 N–H and O–H groups in total. The van der Waals surface area contributed by atoms with Crippen LogP contribution in [0.3, 0.4) is 0 Å². The Morgan fingerprint density at radius 2 is 2.00 bits per heavy atom. The van der Waals surface area contributed by atoms with E-state index in [0.29, 0.717) is 10.9 Å². The van der Waals surface area contributed by atoms with Gasteiger partial charge in [-0.15, -0.1) is 16.4 Å². The SMILES string of the molecule is CCCCc1ccc(-c2csc(NC(=O)c3nc4nccc(C)n4n3)n2)cc1. The van der Waals surface area contributed by atoms with E-state index >= 15 is 0 Å². The molecule has 0 aliphatic carbocycles. The maximum absolute atomic E-state index is 12.5. The van der Waals surface area contributed by atoms with Gasteiger partial charge in [0.1, 0.15) is 0 Å². The van der Waals surface area contributed by atoms with Crippen LogP contribution in [-0.2, 0) is 6.42 Å². The van der Waals surface area contributed by atoms with Gasteiger partial charge in [-0.3, -0.25) is 10.1 Å². The van der Waals surface area contributed by atoms with E-state index in [1.54, 1.807) is 10.7 Å². The molecule has 0 saturated heterocycles. The standard InChI is InChI=1S/C20H20N6OS/c1-3-4-5-14-6-8-15(9-7-14)16-12-28-20(22-16)24-18(27)17-23-19-21-11-10-13(2)26(19)25-17/h6-12H,3-5H2,1-2H3,(H,22,24,27). The molecule has 0 bridgehead atoms. The molecular weight excluding hydrogens is 372 g/mol. The zero-order chi connectivity index (χ0) is 19.5. The first-order valence-corrected chi connectivity index (χ1v) is 10.1. The first-order valence-electron chi connectivity index (χ1n) is 9.18. The van der Waals surface area contributed by atoms with E-state index in [9.17, 15) is 4.79 Å². The Balaban J connectivity index is 1.48. The van der Waals surface area contributed by atoms with Crippen LogP contribution in [0, 0.1) is 6.92 Å². The Labute approximate surface area is 166 Å². The lowest BCUT2D eigenvalue weighted by molar-refractivity contribution is 0.101. The third kappa shape index (κ3) is 3.77. The first-order chi connectivity index (χ1) is 13.6. The quantitative estimate of drug-likeness (QED) is 0.533. The third-order valence-corrected chi connectivity index (χ3v) is 5.18. The minimum atomic E-state index is -0.402. The second kappa shape index (κ2) is 7.85. The highest BCUT2D eigenvalue weighted by Gasteiger charge is 2.16. The normalized spacial score (nSPS) is 11.1. The van der Waals surface area contributed by atoms with E-state index in [2.05, 4.69) is 56.6 Å². The number of hydrogen-bond acceptors (Lipinski definition) is 6. The molecule has 3 heterocycles. The number of thiazole rings is 1. The van der Waals surface area contributed by atoms with Crippen molar-refractivity contribution >= 4 is 28.2 Å². The van der Waals surface area contributed by atoms with Gasteiger partial charge in [0.05, 0.1) is 5.69 Å². The molecule has 0 aliphatic rings. The molecule has 142 valence electrons. The highest BCUT2D eigenvalue weighted by Crippen LogP contribution is 2.25. The second-order valence-electron chi connectivity index (χ2n) is 6.53. The highest BCUT2D eigenvalue weighted by molar-refractivity contribution is 7.14. The van der Waals surface area contributed by atoms with Crippen LogP contribution in [0.15, 0.2) is 41.9 Å². The maximum Gasteiger partial charge on any atom is 0.297 e. The summed E-state index contributed by atoms with van der Waals surface area (Å²) in [5, 5.41) is 9.43. The molecule has 28 heavy (non-hydrogen) atoms. The summed E-state index contributed by atoms with van der Waals surface area (Å²) in [6.07, 6.45) is 5.11. The number of fused-ring (bicyclic) bond motifs is 1. The Hall–Kier alpha value is -3.13. The van der Waals surface area contributed by atoms with Crippen LogP contribution in [-0.4, -0.2) is 30.5 Å². The Bertz CT molecular complexity index is 1120. The monoisotopic (exact) mass is 392 g/mol. The number of rotatable bonds is 6. The molecule has 1 amide bonds. The fourth-order valence-electron chi connectivity index (χ4n) is 2.84. The van der Waals surface area contributed by atoms with Crippen molar-refractivity contribution in [3.8, 4) is 11.3 Å². The van der Waals surface area contributed by atoms with Crippen LogP contribution in [0.25, 0.3) is 17.0 Å². The van der Waals surface area contributed by atoms with Gasteiger partial charge in [-0.1, -0.05) is 37.6 Å². The maximum atomic E-state index is 12.5. The number of benzene rings is 1. The van der Waals surface area contributed by atoms with Gasteiger partial charge in [0.2, 0.25) is 5.82 Å². The lowest BCUT2D eigenvalue weighted by Gasteiger charge is -2.01. The topological polar surface area (TPSA) is 85.1 Å². The fourth-order valence-corrected chi connectivity index (χ4v) is 3.56. The average Bonchev–Trinajstić information content (AvgIpc) is 3.35. The van der Waals surface area contributed by atoms with Crippen LogP contribution in [0.2, 0.25) is 0 Å². The van der Waals surface area contributed by atoms with Crippen molar-refractivity contribution in [2.24, 2.45) is 0 Å². The van der Waals surface area contributed by atoms with Crippen LogP contribution in [0.1, 0.15) is 41.6 Å². The van der Waals surface area contributed by atoms with Crippen molar-refractivity contribution in [3.05, 3.63) is 59.0 Å². The van der Waals surface area contributed by atoms with Crippen molar-refractivity contribution in [2.75, 3.05) is 5.32 Å². The number of nitrogens with one attached hydrogen (secondary N) is 1. The summed E-state index contributed by atoms with van der Waals surface area (Å²) in [5.74, 6) is 0.0627. The molecule has 8 heteroatoms. The number of carbonyl (C=O) groups excluding carboxylic acids is 1. The number of nitrogens with zero attached hydrogens (tertiary/aromatic N) is 5. The predicted octanol–water partition coefficient (Wildman–Crippen LogP) is 4.15. The van der Waals surface area contributed by atoms with Crippen LogP contribution >= 0.6 is 11.3 Å². The van der Waals surface area contributed by atoms with Gasteiger partial charge in [-0.05, 0) is 31.4 Å². The van der Waals surface area contributed by atoms with Crippen molar-refractivity contribution < 1.29 is 4.79 Å². The van der Waals surface area contributed by atoms with Crippen molar-refractivity contribution in [1.29, 1.82) is 0 Å². The van der Waals surface area contributed by atoms with Crippen molar-refractivity contribution in [3.63, 3.8) is 0 Å². The number of aromatic nitrogens is 5. The van der Waals surface area contributed by atoms with Gasteiger partial charge < -0.3 is 0 Å². The van der Waals surface area contributed by atoms with Crippen LogP contribution < -0.4 is 5.32 Å². The first kappa shape index (κ1) is 18.2. The molecule has 7 nitrogen and oxygen atoms in total. The summed E-state index contributed by atoms with van der Waals surface area (Å²) >= 11 is 1.37. The van der Waals surface area contributed by atoms with Crippen molar-refractivity contribution in [2.45, 2.75) is 33.1 Å². The second-order valence-corrected chi connectivity index (χ2v) is 7.38. The zero-order valence-corrected chi connectivity index (χ0v) is 16.5. The number of carbonyl (C=O) groups is 1. The third-order valence-electron chi connectivity index (χ3n) is 4.43. The average molecular weight is 392 g/mol. The van der Waals surface area contributed by atoms with E-state index in [4.69, 9.17) is 0 Å². The predicted molar refractivity (Wildman–Crippen MR) is 110 cm³/mol. The summed E-state index contributed by atoms with van der Waals surface area (Å²) in [5.41, 5.74) is 4.05. The molecule has 0 spiro atoms. The number of unbranched alkanes of at least 4 members (excludes halogenated alkanes) is 1. The van der Waals surface area contributed by atoms with E-state index in [0.717, 1.165) is 23.4 Å². The van der Waals surface area contributed by atoms with Gasteiger partial charge in [-0.2, -0.15) is 4.98 Å². The largest absolute Gasteiger partial charge is 0.297 e. The van der Waals surface area contributed by atoms with Gasteiger partial charge >= 0.3 is 0 Å². The number of amides is 1. The Kier molecular flexibility index (Phi) is 5.12. The number of anilines is 1. The minimum Gasteiger partial charge on any atom is -0.295 e. The van der Waals surface area contributed by atoms with Crippen LogP contribution in [0.5, 0.6) is 0 Å². The summed E-state index contributed by atoms with van der Waals surface area (Å²) < 4.78 is 1.54. The molecule has 0 saturated carbocycles. The molecule has 0 fully saturated rings. The van der Waals surface area contributed by atoms with E-state index in [1.165, 1.54) is 29.7 Å². The molecule has 1 aromatic carbocycles. The lowest BCUT2D eigenvalue weighted by Crippen LogP contribution is -2.13. The zero-order valence-electron chi connectivity index (χ0n) is 15.7. The molecule has 0 aliphatic heterocycles. The van der Waals surface area contributed by atoms with E-state index < -0.39 is 5.91 Å². The molecule has 0 radical (unpaired) electrons. The van der Waals surface area contributed by atoms with Crippen LogP contribution in [0.4, 0.5) is 5.13 Å². The summed E-state index contributed by atoms with van der Waals surface area (Å²) in [6, 6.07) is 10.2. The van der Waals surface area contributed by atoms with Gasteiger partial charge in [0.15, 0.2) is 5.13 Å². The van der Waals surface area contributed by atoms with Gasteiger partial charge in [0.25, 0.3) is 11.7 Å². The summed E-state index contributed by atoms with van der Waals surface area (Å²) in [7, 11) is 0. The van der Waals surface area contributed by atoms with Gasteiger partial charge in [-0.25, -0.2) is 14.5 Å². The smallest absolute Gasteiger partial charge is 0.295 e.